The van der Waals surface area contributed by atoms with Gasteiger partial charge in [0.25, 0.3) is 5.91 Å². The lowest BCUT2D eigenvalue weighted by Crippen LogP contribution is -2.39. The molecular formula is C18H17ClFN3O4. The molecule has 0 fully saturated rings. The van der Waals surface area contributed by atoms with E-state index >= 15 is 0 Å². The minimum Gasteiger partial charge on any atom is -0.465 e. The van der Waals surface area contributed by atoms with Gasteiger partial charge in [0.05, 0.1) is 16.6 Å². The zero-order valence-corrected chi connectivity index (χ0v) is 14.8. The molecule has 1 unspecified atom stereocenters. The van der Waals surface area contributed by atoms with Crippen molar-refractivity contribution in [2.24, 2.45) is 0 Å². The molecule has 0 saturated heterocycles. The number of rotatable bonds is 8. The van der Waals surface area contributed by atoms with Gasteiger partial charge in [-0.2, -0.15) is 0 Å². The van der Waals surface area contributed by atoms with E-state index in [9.17, 15) is 18.8 Å². The maximum atomic E-state index is 13.3. The van der Waals surface area contributed by atoms with Gasteiger partial charge in [-0.05, 0) is 30.3 Å². The SMILES string of the molecule is O=CCC(CNc1cccc(Cl)c1C(=O)Nc1cccc(F)c1)NC(=O)O. The standard InChI is InChI=1S/C18H17ClFN3O4/c19-14-5-2-6-15(21-10-13(7-8-24)23-18(26)27)16(14)17(25)22-12-4-1-3-11(20)9-12/h1-6,8-9,13,21,23H,7,10H2,(H,22,25)(H,26,27). The highest BCUT2D eigenvalue weighted by Gasteiger charge is 2.18. The summed E-state index contributed by atoms with van der Waals surface area (Å²) in [6, 6.07) is 9.44. The summed E-state index contributed by atoms with van der Waals surface area (Å²) in [5, 5.41) is 16.7. The zero-order chi connectivity index (χ0) is 19.8. The fourth-order valence-corrected chi connectivity index (χ4v) is 2.64. The lowest BCUT2D eigenvalue weighted by atomic mass is 10.1. The van der Waals surface area contributed by atoms with Crippen molar-refractivity contribution in [3.05, 3.63) is 58.9 Å². The molecule has 2 rings (SSSR count). The first-order valence-corrected chi connectivity index (χ1v) is 8.31. The van der Waals surface area contributed by atoms with Gasteiger partial charge >= 0.3 is 6.09 Å². The van der Waals surface area contributed by atoms with Crippen LogP contribution in [-0.2, 0) is 4.79 Å². The summed E-state index contributed by atoms with van der Waals surface area (Å²) < 4.78 is 13.3. The van der Waals surface area contributed by atoms with Crippen LogP contribution < -0.4 is 16.0 Å². The van der Waals surface area contributed by atoms with Crippen molar-refractivity contribution in [2.45, 2.75) is 12.5 Å². The minimum atomic E-state index is -1.26. The molecule has 0 aliphatic carbocycles. The summed E-state index contributed by atoms with van der Waals surface area (Å²) in [5.74, 6) is -1.06. The number of benzene rings is 2. The topological polar surface area (TPSA) is 108 Å². The van der Waals surface area contributed by atoms with E-state index in [1.54, 1.807) is 12.1 Å². The van der Waals surface area contributed by atoms with Gasteiger partial charge < -0.3 is 25.9 Å². The molecule has 9 heteroatoms. The third kappa shape index (κ3) is 5.96. The number of aldehydes is 1. The number of nitrogens with one attached hydrogen (secondary N) is 3. The van der Waals surface area contributed by atoms with Crippen LogP contribution in [0.3, 0.4) is 0 Å². The van der Waals surface area contributed by atoms with Crippen LogP contribution in [0.1, 0.15) is 16.8 Å². The van der Waals surface area contributed by atoms with Crippen LogP contribution in [-0.4, -0.2) is 36.0 Å². The van der Waals surface area contributed by atoms with Gasteiger partial charge in [0, 0.05) is 24.3 Å². The molecule has 2 aromatic carbocycles. The number of anilines is 2. The highest BCUT2D eigenvalue weighted by Crippen LogP contribution is 2.26. The van der Waals surface area contributed by atoms with Gasteiger partial charge in [0.15, 0.2) is 0 Å². The molecule has 4 N–H and O–H groups in total. The molecule has 0 aliphatic rings. The largest absolute Gasteiger partial charge is 0.465 e. The molecule has 0 bridgehead atoms. The van der Waals surface area contributed by atoms with E-state index in [1.807, 2.05) is 0 Å². The van der Waals surface area contributed by atoms with Crippen molar-refractivity contribution in [1.82, 2.24) is 5.32 Å². The summed E-state index contributed by atoms with van der Waals surface area (Å²) in [4.78, 5) is 34.1. The Morgan fingerprint density at radius 2 is 1.96 bits per heavy atom. The van der Waals surface area contributed by atoms with E-state index in [2.05, 4.69) is 16.0 Å². The number of amides is 2. The molecule has 0 radical (unpaired) electrons. The van der Waals surface area contributed by atoms with Crippen molar-refractivity contribution in [3.8, 4) is 0 Å². The Labute approximate surface area is 159 Å². The summed E-state index contributed by atoms with van der Waals surface area (Å²) in [7, 11) is 0. The molecule has 2 amide bonds. The van der Waals surface area contributed by atoms with Crippen LogP contribution in [0, 0.1) is 5.82 Å². The molecule has 0 aliphatic heterocycles. The number of hydrogen-bond acceptors (Lipinski definition) is 4. The first-order valence-electron chi connectivity index (χ1n) is 7.93. The predicted molar refractivity (Wildman–Crippen MR) is 99.9 cm³/mol. The Morgan fingerprint density at radius 3 is 2.63 bits per heavy atom. The van der Waals surface area contributed by atoms with Gasteiger partial charge in [0.2, 0.25) is 0 Å². The number of hydrogen-bond donors (Lipinski definition) is 4. The van der Waals surface area contributed by atoms with Crippen LogP contribution in [0.5, 0.6) is 0 Å². The fourth-order valence-electron chi connectivity index (χ4n) is 2.38. The summed E-state index contributed by atoms with van der Waals surface area (Å²) in [5.41, 5.74) is 0.723. The van der Waals surface area contributed by atoms with Crippen LogP contribution in [0.25, 0.3) is 0 Å². The van der Waals surface area contributed by atoms with Crippen molar-refractivity contribution < 1.29 is 23.9 Å². The number of carbonyl (C=O) groups excluding carboxylic acids is 2. The Morgan fingerprint density at radius 1 is 1.22 bits per heavy atom. The normalized spacial score (nSPS) is 11.3. The van der Waals surface area contributed by atoms with E-state index < -0.39 is 23.9 Å². The van der Waals surface area contributed by atoms with Gasteiger partial charge in [-0.3, -0.25) is 4.79 Å². The Bertz CT molecular complexity index is 847. The lowest BCUT2D eigenvalue weighted by Gasteiger charge is -2.18. The van der Waals surface area contributed by atoms with Crippen molar-refractivity contribution in [3.63, 3.8) is 0 Å². The van der Waals surface area contributed by atoms with Gasteiger partial charge in [-0.15, -0.1) is 0 Å². The highest BCUT2D eigenvalue weighted by atomic mass is 35.5. The Kier molecular flexibility index (Phi) is 7.13. The van der Waals surface area contributed by atoms with Crippen molar-refractivity contribution in [1.29, 1.82) is 0 Å². The van der Waals surface area contributed by atoms with Crippen LogP contribution >= 0.6 is 11.6 Å². The molecular weight excluding hydrogens is 377 g/mol. The number of halogens is 2. The van der Waals surface area contributed by atoms with Crippen molar-refractivity contribution >= 4 is 41.3 Å². The lowest BCUT2D eigenvalue weighted by molar-refractivity contribution is -0.108. The second-order valence-electron chi connectivity index (χ2n) is 5.56. The minimum absolute atomic E-state index is 0.0370. The quantitative estimate of drug-likeness (QED) is 0.514. The average molecular weight is 394 g/mol. The maximum absolute atomic E-state index is 13.3. The molecule has 0 spiro atoms. The summed E-state index contributed by atoms with van der Waals surface area (Å²) in [6.07, 6.45) is -0.707. The smallest absolute Gasteiger partial charge is 0.404 e. The third-order valence-electron chi connectivity index (χ3n) is 3.57. The second-order valence-corrected chi connectivity index (χ2v) is 5.96. The molecule has 7 nitrogen and oxygen atoms in total. The molecule has 0 saturated carbocycles. The fraction of sp³-hybridized carbons (Fsp3) is 0.167. The van der Waals surface area contributed by atoms with Gasteiger partial charge in [0.1, 0.15) is 12.1 Å². The number of carboxylic acid groups (broad SMARTS) is 1. The van der Waals surface area contributed by atoms with E-state index in [1.165, 1.54) is 30.3 Å². The Balaban J connectivity index is 2.18. The van der Waals surface area contributed by atoms with E-state index in [0.29, 0.717) is 12.0 Å². The van der Waals surface area contributed by atoms with Gasteiger partial charge in [-0.1, -0.05) is 23.7 Å². The molecule has 0 heterocycles. The zero-order valence-electron chi connectivity index (χ0n) is 14.0. The first-order chi connectivity index (χ1) is 12.9. The molecule has 27 heavy (non-hydrogen) atoms. The van der Waals surface area contributed by atoms with Crippen LogP contribution in [0.4, 0.5) is 20.6 Å². The average Bonchev–Trinajstić information content (AvgIpc) is 2.59. The van der Waals surface area contributed by atoms with Crippen LogP contribution in [0.2, 0.25) is 5.02 Å². The van der Waals surface area contributed by atoms with E-state index in [0.717, 1.165) is 0 Å². The summed E-state index contributed by atoms with van der Waals surface area (Å²) in [6.45, 7) is 0.0611. The Hall–Kier alpha value is -3.13. The predicted octanol–water partition coefficient (Wildman–Crippen LogP) is 3.37. The molecule has 0 aromatic heterocycles. The summed E-state index contributed by atoms with van der Waals surface area (Å²) >= 11 is 6.14. The molecule has 2 aromatic rings. The molecule has 1 atom stereocenters. The molecule has 142 valence electrons. The first kappa shape index (κ1) is 20.2. The third-order valence-corrected chi connectivity index (χ3v) is 3.89. The van der Waals surface area contributed by atoms with E-state index in [-0.39, 0.29) is 29.2 Å². The van der Waals surface area contributed by atoms with Crippen LogP contribution in [0.15, 0.2) is 42.5 Å². The maximum Gasteiger partial charge on any atom is 0.404 e. The second kappa shape index (κ2) is 9.54. The van der Waals surface area contributed by atoms with E-state index in [4.69, 9.17) is 16.7 Å². The van der Waals surface area contributed by atoms with Crippen molar-refractivity contribution in [2.75, 3.05) is 17.2 Å². The highest BCUT2D eigenvalue weighted by molar-refractivity contribution is 6.35. The van der Waals surface area contributed by atoms with Gasteiger partial charge in [-0.25, -0.2) is 9.18 Å². The monoisotopic (exact) mass is 393 g/mol. The number of carbonyl (C=O) groups is 3.